The summed E-state index contributed by atoms with van der Waals surface area (Å²) in [5, 5.41) is 17.9. The van der Waals surface area contributed by atoms with Crippen molar-refractivity contribution in [2.75, 3.05) is 19.0 Å². The summed E-state index contributed by atoms with van der Waals surface area (Å²) in [5.74, 6) is -2.58. The standard InChI is InChI=1S/C26H30BrN3O5/c1-13(2)18(12-31)30-22(24(33)29-16-9-8-14-6-4-5-7-15(14)10-16)26-11-17(27)21(35-26)19(23(32)28-3)20(26)25(30)34/h4-10,13,17-22,31H,11-12H2,1-3H3,(H,28,32)(H,29,33)/t17?,18-,19-,20-,21-,22?,26?/m0/s1. The summed E-state index contributed by atoms with van der Waals surface area (Å²) in [5.41, 5.74) is -0.548. The van der Waals surface area contributed by atoms with Crippen LogP contribution in [0.3, 0.4) is 0 Å². The maximum atomic E-state index is 13.9. The highest BCUT2D eigenvalue weighted by Crippen LogP contribution is 2.60. The normalized spacial score (nSPS) is 32.2. The van der Waals surface area contributed by atoms with Crippen LogP contribution >= 0.6 is 15.9 Å². The SMILES string of the molecule is CNC(=O)[C@H]1[C@H]2C(=O)N([C@@H](CO)C(C)C)C(C(=O)Nc3ccc4ccccc4c3)C23CC(Br)[C@@H]1O3. The van der Waals surface area contributed by atoms with Crippen molar-refractivity contribution < 1.29 is 24.2 Å². The van der Waals surface area contributed by atoms with Gasteiger partial charge in [-0.05, 0) is 35.2 Å². The van der Waals surface area contributed by atoms with Crippen molar-refractivity contribution in [2.45, 2.75) is 48.9 Å². The zero-order valence-corrected chi connectivity index (χ0v) is 21.5. The maximum absolute atomic E-state index is 13.9. The first-order valence-corrected chi connectivity index (χ1v) is 12.9. The van der Waals surface area contributed by atoms with Crippen molar-refractivity contribution in [3.05, 3.63) is 42.5 Å². The van der Waals surface area contributed by atoms with Crippen LogP contribution in [0.4, 0.5) is 5.69 Å². The molecule has 3 fully saturated rings. The number of fused-ring (bicyclic) bond motifs is 2. The van der Waals surface area contributed by atoms with E-state index in [0.717, 1.165) is 10.8 Å². The van der Waals surface area contributed by atoms with E-state index in [2.05, 4.69) is 26.6 Å². The lowest BCUT2D eigenvalue weighted by Gasteiger charge is -2.38. The summed E-state index contributed by atoms with van der Waals surface area (Å²) in [6.07, 6.45) is -0.0851. The molecule has 0 aromatic heterocycles. The van der Waals surface area contributed by atoms with Crippen LogP contribution < -0.4 is 10.6 Å². The molecule has 3 heterocycles. The maximum Gasteiger partial charge on any atom is 0.250 e. The van der Waals surface area contributed by atoms with E-state index in [9.17, 15) is 19.5 Å². The minimum Gasteiger partial charge on any atom is -0.394 e. The highest BCUT2D eigenvalue weighted by molar-refractivity contribution is 9.09. The number of aliphatic hydroxyl groups is 1. The number of nitrogens with one attached hydrogen (secondary N) is 2. The molecule has 2 aromatic carbocycles. The average molecular weight is 544 g/mol. The molecule has 0 aliphatic carbocycles. The van der Waals surface area contributed by atoms with Crippen LogP contribution in [-0.4, -0.2) is 70.0 Å². The molecule has 0 saturated carbocycles. The van der Waals surface area contributed by atoms with Crippen LogP contribution in [0.5, 0.6) is 0 Å². The monoisotopic (exact) mass is 543 g/mol. The Hall–Kier alpha value is -2.49. The molecule has 3 saturated heterocycles. The molecule has 186 valence electrons. The topological polar surface area (TPSA) is 108 Å². The Bertz CT molecular complexity index is 1190. The van der Waals surface area contributed by atoms with Crippen LogP contribution in [0.2, 0.25) is 0 Å². The lowest BCUT2D eigenvalue weighted by atomic mass is 9.70. The molecule has 0 radical (unpaired) electrons. The lowest BCUT2D eigenvalue weighted by molar-refractivity contribution is -0.145. The summed E-state index contributed by atoms with van der Waals surface area (Å²) >= 11 is 3.64. The third-order valence-corrected chi connectivity index (χ3v) is 8.70. The number of carbonyl (C=O) groups is 3. The second-order valence-corrected chi connectivity index (χ2v) is 11.2. The summed E-state index contributed by atoms with van der Waals surface area (Å²) in [6, 6.07) is 11.9. The first-order valence-electron chi connectivity index (χ1n) is 12.0. The fourth-order valence-electron chi connectivity index (χ4n) is 6.29. The number of nitrogens with zero attached hydrogens (tertiary/aromatic N) is 1. The van der Waals surface area contributed by atoms with E-state index in [1.807, 2.05) is 56.3 Å². The highest BCUT2D eigenvalue weighted by Gasteiger charge is 2.77. The smallest absolute Gasteiger partial charge is 0.250 e. The number of benzene rings is 2. The van der Waals surface area contributed by atoms with Crippen LogP contribution in [0, 0.1) is 17.8 Å². The number of alkyl halides is 1. The second-order valence-electron chi connectivity index (χ2n) is 10.1. The first kappa shape index (κ1) is 24.2. The minimum absolute atomic E-state index is 0.106. The van der Waals surface area contributed by atoms with E-state index in [4.69, 9.17) is 4.74 Å². The van der Waals surface area contributed by atoms with Gasteiger partial charge >= 0.3 is 0 Å². The van der Waals surface area contributed by atoms with E-state index in [1.54, 1.807) is 0 Å². The van der Waals surface area contributed by atoms with Gasteiger partial charge in [-0.3, -0.25) is 14.4 Å². The average Bonchev–Trinajstić information content (AvgIpc) is 3.42. The van der Waals surface area contributed by atoms with Crippen molar-refractivity contribution >= 4 is 50.1 Å². The molecule has 3 amide bonds. The van der Waals surface area contributed by atoms with E-state index < -0.39 is 35.6 Å². The molecule has 35 heavy (non-hydrogen) atoms. The van der Waals surface area contributed by atoms with Crippen molar-refractivity contribution in [3.63, 3.8) is 0 Å². The number of ether oxygens (including phenoxy) is 1. The van der Waals surface area contributed by atoms with Crippen LogP contribution in [0.25, 0.3) is 10.8 Å². The van der Waals surface area contributed by atoms with Crippen molar-refractivity contribution in [1.29, 1.82) is 0 Å². The highest BCUT2D eigenvalue weighted by atomic mass is 79.9. The quantitative estimate of drug-likeness (QED) is 0.484. The van der Waals surface area contributed by atoms with Gasteiger partial charge in [0.2, 0.25) is 17.7 Å². The van der Waals surface area contributed by atoms with Gasteiger partial charge in [0.1, 0.15) is 11.6 Å². The summed E-state index contributed by atoms with van der Waals surface area (Å²) < 4.78 is 6.44. The molecule has 8 nitrogen and oxygen atoms in total. The van der Waals surface area contributed by atoms with Gasteiger partial charge in [-0.25, -0.2) is 0 Å². The van der Waals surface area contributed by atoms with E-state index >= 15 is 0 Å². The number of likely N-dealkylation sites (tertiary alicyclic amines) is 1. The third kappa shape index (κ3) is 3.58. The van der Waals surface area contributed by atoms with Crippen molar-refractivity contribution in [3.8, 4) is 0 Å². The van der Waals surface area contributed by atoms with Gasteiger partial charge in [-0.2, -0.15) is 0 Å². The number of hydrogen-bond donors (Lipinski definition) is 3. The lowest BCUT2D eigenvalue weighted by Crippen LogP contribution is -2.57. The molecule has 3 N–H and O–H groups in total. The second kappa shape index (κ2) is 8.87. The molecule has 7 atom stereocenters. The van der Waals surface area contributed by atoms with Crippen LogP contribution in [0.15, 0.2) is 42.5 Å². The zero-order chi connectivity index (χ0) is 25.1. The molecule has 3 unspecified atom stereocenters. The molecule has 2 bridgehead atoms. The number of halogens is 1. The Morgan fingerprint density at radius 3 is 2.57 bits per heavy atom. The number of anilines is 1. The Morgan fingerprint density at radius 1 is 1.20 bits per heavy atom. The number of aliphatic hydroxyl groups excluding tert-OH is 1. The van der Waals surface area contributed by atoms with Gasteiger partial charge in [0.15, 0.2) is 0 Å². The van der Waals surface area contributed by atoms with E-state index in [1.165, 1.54) is 11.9 Å². The number of amides is 3. The van der Waals surface area contributed by atoms with Gasteiger partial charge < -0.3 is 25.4 Å². The molecular formula is C26H30BrN3O5. The number of hydrogen-bond acceptors (Lipinski definition) is 5. The Balaban J connectivity index is 1.57. The predicted molar refractivity (Wildman–Crippen MR) is 135 cm³/mol. The minimum atomic E-state index is -1.16. The van der Waals surface area contributed by atoms with E-state index in [0.29, 0.717) is 12.1 Å². The van der Waals surface area contributed by atoms with Gasteiger partial charge in [0.25, 0.3) is 0 Å². The third-order valence-electron chi connectivity index (χ3n) is 7.86. The Kier molecular flexibility index (Phi) is 6.14. The molecule has 3 aliphatic heterocycles. The van der Waals surface area contributed by atoms with E-state index in [-0.39, 0.29) is 35.1 Å². The number of carbonyl (C=O) groups excluding carboxylic acids is 3. The summed E-state index contributed by atoms with van der Waals surface area (Å²) in [6.45, 7) is 3.51. The number of rotatable bonds is 6. The summed E-state index contributed by atoms with van der Waals surface area (Å²) in [4.78, 5) is 42.1. The predicted octanol–water partition coefficient (Wildman–Crippen LogP) is 2.29. The van der Waals surface area contributed by atoms with Crippen LogP contribution in [-0.2, 0) is 19.1 Å². The van der Waals surface area contributed by atoms with Gasteiger partial charge in [-0.15, -0.1) is 0 Å². The van der Waals surface area contributed by atoms with Gasteiger partial charge in [-0.1, -0.05) is 60.1 Å². The molecule has 5 rings (SSSR count). The molecule has 3 aliphatic rings. The largest absolute Gasteiger partial charge is 0.394 e. The zero-order valence-electron chi connectivity index (χ0n) is 19.9. The molecule has 9 heteroatoms. The van der Waals surface area contributed by atoms with Gasteiger partial charge in [0.05, 0.1) is 30.6 Å². The van der Waals surface area contributed by atoms with Crippen molar-refractivity contribution in [2.24, 2.45) is 17.8 Å². The van der Waals surface area contributed by atoms with Crippen molar-refractivity contribution in [1.82, 2.24) is 10.2 Å². The summed E-state index contributed by atoms with van der Waals surface area (Å²) in [7, 11) is 1.54. The Morgan fingerprint density at radius 2 is 1.91 bits per heavy atom. The Labute approximate surface area is 212 Å². The fourth-order valence-corrected chi connectivity index (χ4v) is 7.23. The first-order chi connectivity index (χ1) is 16.7. The van der Waals surface area contributed by atoms with Gasteiger partial charge in [0, 0.05) is 17.6 Å². The fraction of sp³-hybridized carbons (Fsp3) is 0.500. The molecule has 2 aromatic rings. The van der Waals surface area contributed by atoms with Crippen LogP contribution in [0.1, 0.15) is 20.3 Å². The molecule has 1 spiro atoms. The molecular weight excluding hydrogens is 514 g/mol.